The molecule has 2 saturated heterocycles. The lowest BCUT2D eigenvalue weighted by molar-refractivity contribution is -0.120. The zero-order chi connectivity index (χ0) is 31.9. The van der Waals surface area contributed by atoms with Crippen molar-refractivity contribution in [1.29, 1.82) is 0 Å². The largest absolute Gasteiger partial charge is 0.325 e. The van der Waals surface area contributed by atoms with E-state index in [1.165, 1.54) is 0 Å². The molecule has 2 aliphatic rings. The number of pyridine rings is 2. The molecule has 2 aromatic heterocycles. The van der Waals surface area contributed by atoms with E-state index >= 15 is 0 Å². The van der Waals surface area contributed by atoms with Gasteiger partial charge in [0.15, 0.2) is 0 Å². The SMILES string of the molecule is O=C(Nc1ccc(C=Cc2ccc(NC(=O)[C@@H]3CCCN3C(=O)c3ccccn3)cc2)cc1)[C@@H]1CCCN1C(=O)c1ccccn1. The Labute approximate surface area is 267 Å². The van der Waals surface area contributed by atoms with Gasteiger partial charge in [-0.2, -0.15) is 0 Å². The molecular formula is C36H34N6O4. The van der Waals surface area contributed by atoms with E-state index in [0.29, 0.717) is 48.7 Å². The van der Waals surface area contributed by atoms with E-state index in [4.69, 9.17) is 0 Å². The molecule has 10 heteroatoms. The van der Waals surface area contributed by atoms with Crippen molar-refractivity contribution < 1.29 is 19.2 Å². The Bertz CT molecular complexity index is 1600. The number of amides is 4. The van der Waals surface area contributed by atoms with Crippen molar-refractivity contribution in [1.82, 2.24) is 19.8 Å². The molecule has 4 aromatic rings. The van der Waals surface area contributed by atoms with Crippen molar-refractivity contribution in [3.8, 4) is 0 Å². The van der Waals surface area contributed by atoms with Crippen LogP contribution in [0, 0.1) is 0 Å². The first-order valence-corrected chi connectivity index (χ1v) is 15.4. The van der Waals surface area contributed by atoms with Gasteiger partial charge in [0.05, 0.1) is 0 Å². The molecule has 0 bridgehead atoms. The molecule has 2 aliphatic heterocycles. The molecule has 4 heterocycles. The van der Waals surface area contributed by atoms with Gasteiger partial charge in [-0.25, -0.2) is 0 Å². The highest BCUT2D eigenvalue weighted by molar-refractivity contribution is 6.02. The van der Waals surface area contributed by atoms with Crippen molar-refractivity contribution in [3.63, 3.8) is 0 Å². The third-order valence-electron chi connectivity index (χ3n) is 8.23. The summed E-state index contributed by atoms with van der Waals surface area (Å²) in [7, 11) is 0. The highest BCUT2D eigenvalue weighted by Crippen LogP contribution is 2.23. The van der Waals surface area contributed by atoms with Crippen LogP contribution in [0.2, 0.25) is 0 Å². The molecule has 0 saturated carbocycles. The number of likely N-dealkylation sites (tertiary alicyclic amines) is 2. The first kappa shape index (κ1) is 30.4. The second-order valence-corrected chi connectivity index (χ2v) is 11.3. The van der Waals surface area contributed by atoms with Crippen molar-refractivity contribution in [2.24, 2.45) is 0 Å². The van der Waals surface area contributed by atoms with Gasteiger partial charge in [0.2, 0.25) is 11.8 Å². The molecule has 0 radical (unpaired) electrons. The Morgan fingerprint density at radius 2 is 1.00 bits per heavy atom. The van der Waals surface area contributed by atoms with Gasteiger partial charge >= 0.3 is 0 Å². The number of nitrogens with zero attached hydrogens (tertiary/aromatic N) is 4. The van der Waals surface area contributed by atoms with Gasteiger partial charge in [0, 0.05) is 36.9 Å². The van der Waals surface area contributed by atoms with Gasteiger partial charge in [-0.3, -0.25) is 29.1 Å². The number of carbonyl (C=O) groups excluding carboxylic acids is 4. The lowest BCUT2D eigenvalue weighted by Crippen LogP contribution is -2.43. The van der Waals surface area contributed by atoms with Crippen LogP contribution < -0.4 is 10.6 Å². The minimum Gasteiger partial charge on any atom is -0.325 e. The average molecular weight is 615 g/mol. The van der Waals surface area contributed by atoms with Crippen LogP contribution in [0.5, 0.6) is 0 Å². The lowest BCUT2D eigenvalue weighted by atomic mass is 10.1. The van der Waals surface area contributed by atoms with Crippen LogP contribution in [-0.4, -0.2) is 68.6 Å². The summed E-state index contributed by atoms with van der Waals surface area (Å²) in [5, 5.41) is 5.89. The van der Waals surface area contributed by atoms with Gasteiger partial charge in [-0.1, -0.05) is 48.6 Å². The molecule has 46 heavy (non-hydrogen) atoms. The van der Waals surface area contributed by atoms with Gasteiger partial charge in [0.25, 0.3) is 11.8 Å². The molecule has 2 N–H and O–H groups in total. The summed E-state index contributed by atoms with van der Waals surface area (Å²) in [6.45, 7) is 1.05. The van der Waals surface area contributed by atoms with Crippen LogP contribution in [0.3, 0.4) is 0 Å². The molecule has 4 amide bonds. The average Bonchev–Trinajstić information content (AvgIpc) is 3.80. The number of rotatable bonds is 8. The number of hydrogen-bond donors (Lipinski definition) is 2. The van der Waals surface area contributed by atoms with Crippen molar-refractivity contribution >= 4 is 47.2 Å². The number of benzene rings is 2. The topological polar surface area (TPSA) is 125 Å². The maximum absolute atomic E-state index is 13.0. The number of aromatic nitrogens is 2. The van der Waals surface area contributed by atoms with Crippen LogP contribution >= 0.6 is 0 Å². The van der Waals surface area contributed by atoms with E-state index < -0.39 is 12.1 Å². The molecule has 10 nitrogen and oxygen atoms in total. The van der Waals surface area contributed by atoms with Crippen LogP contribution in [-0.2, 0) is 9.59 Å². The fourth-order valence-corrected chi connectivity index (χ4v) is 5.84. The van der Waals surface area contributed by atoms with Crippen molar-refractivity contribution in [2.45, 2.75) is 37.8 Å². The maximum Gasteiger partial charge on any atom is 0.273 e. The minimum atomic E-state index is -0.534. The third kappa shape index (κ3) is 7.02. The molecule has 0 spiro atoms. The predicted molar refractivity (Wildman–Crippen MR) is 176 cm³/mol. The molecule has 232 valence electrons. The number of carbonyl (C=O) groups is 4. The monoisotopic (exact) mass is 614 g/mol. The van der Waals surface area contributed by atoms with Crippen LogP contribution in [0.1, 0.15) is 57.8 Å². The molecule has 0 aliphatic carbocycles. The summed E-state index contributed by atoms with van der Waals surface area (Å²) in [5.74, 6) is -0.888. The Kier molecular flexibility index (Phi) is 9.24. The third-order valence-corrected chi connectivity index (χ3v) is 8.23. The molecule has 2 fully saturated rings. The van der Waals surface area contributed by atoms with Gasteiger partial charge < -0.3 is 20.4 Å². The molecule has 2 aromatic carbocycles. The van der Waals surface area contributed by atoms with E-state index in [1.54, 1.807) is 58.6 Å². The second kappa shape index (κ2) is 14.0. The molecular weight excluding hydrogens is 580 g/mol. The Hall–Kier alpha value is -5.64. The summed E-state index contributed by atoms with van der Waals surface area (Å²) in [4.78, 5) is 63.3. The van der Waals surface area contributed by atoms with E-state index in [9.17, 15) is 19.2 Å². The fourth-order valence-electron chi connectivity index (χ4n) is 5.84. The molecule has 0 unspecified atom stereocenters. The summed E-state index contributed by atoms with van der Waals surface area (Å²) in [6.07, 6.45) is 9.82. The summed E-state index contributed by atoms with van der Waals surface area (Å²) in [5.41, 5.74) is 3.87. The predicted octanol–water partition coefficient (Wildman–Crippen LogP) is 5.13. The van der Waals surface area contributed by atoms with Crippen molar-refractivity contribution in [2.75, 3.05) is 23.7 Å². The summed E-state index contributed by atoms with van der Waals surface area (Å²) >= 11 is 0. The van der Waals surface area contributed by atoms with E-state index in [-0.39, 0.29) is 23.6 Å². The first-order chi connectivity index (χ1) is 22.5. The van der Waals surface area contributed by atoms with Gasteiger partial charge in [-0.05, 0) is 85.3 Å². The highest BCUT2D eigenvalue weighted by Gasteiger charge is 2.36. The zero-order valence-electron chi connectivity index (χ0n) is 25.2. The van der Waals surface area contributed by atoms with E-state index in [1.807, 2.05) is 60.7 Å². The summed E-state index contributed by atoms with van der Waals surface area (Å²) in [6, 6.07) is 24.3. The normalized spacial score (nSPS) is 17.7. The molecule has 2 atom stereocenters. The zero-order valence-corrected chi connectivity index (χ0v) is 25.2. The number of nitrogens with one attached hydrogen (secondary N) is 2. The van der Waals surface area contributed by atoms with Crippen molar-refractivity contribution in [3.05, 3.63) is 120 Å². The fraction of sp³-hybridized carbons (Fsp3) is 0.222. The van der Waals surface area contributed by atoms with E-state index in [0.717, 1.165) is 24.0 Å². The highest BCUT2D eigenvalue weighted by atomic mass is 16.2. The first-order valence-electron chi connectivity index (χ1n) is 15.4. The number of hydrogen-bond acceptors (Lipinski definition) is 6. The lowest BCUT2D eigenvalue weighted by Gasteiger charge is -2.23. The standard InChI is InChI=1S/C36H34N6O4/c43-33(31-9-5-23-41(31)35(45)29-7-1-3-21-37-29)39-27-17-13-25(14-18-27)11-12-26-15-19-28(20-16-26)40-34(44)32-10-6-24-42(32)36(46)30-8-2-4-22-38-30/h1-4,7-8,11-22,31-32H,5-6,9-10,23-24H2,(H,39,43)(H,40,44)/t31-,32-/m0/s1. The quantitative estimate of drug-likeness (QED) is 0.265. The Morgan fingerprint density at radius 3 is 1.37 bits per heavy atom. The van der Waals surface area contributed by atoms with Crippen LogP contribution in [0.4, 0.5) is 11.4 Å². The van der Waals surface area contributed by atoms with E-state index in [2.05, 4.69) is 20.6 Å². The van der Waals surface area contributed by atoms with Gasteiger partial charge in [0.1, 0.15) is 23.5 Å². The second-order valence-electron chi connectivity index (χ2n) is 11.3. The van der Waals surface area contributed by atoms with Gasteiger partial charge in [-0.15, -0.1) is 0 Å². The maximum atomic E-state index is 13.0. The Morgan fingerprint density at radius 1 is 0.587 bits per heavy atom. The minimum absolute atomic E-state index is 0.210. The Balaban J connectivity index is 1.01. The van der Waals surface area contributed by atoms with Crippen LogP contribution in [0.25, 0.3) is 12.2 Å². The summed E-state index contributed by atoms with van der Waals surface area (Å²) < 4.78 is 0. The smallest absolute Gasteiger partial charge is 0.273 e. The molecule has 6 rings (SSSR count). The van der Waals surface area contributed by atoms with Crippen LogP contribution in [0.15, 0.2) is 97.3 Å². The number of anilines is 2.